The van der Waals surface area contributed by atoms with Crippen LogP contribution < -0.4 is 19.1 Å². The average Bonchev–Trinajstić information content (AvgIpc) is 3.44. The molecule has 1 spiro atoms. The molecule has 1 unspecified atom stereocenters. The first-order valence-corrected chi connectivity index (χ1v) is 20.8. The van der Waals surface area contributed by atoms with E-state index in [4.69, 9.17) is 25.8 Å². The quantitative estimate of drug-likeness (QED) is 0.184. The number of methoxy groups -OCH3 is 1. The van der Waals surface area contributed by atoms with Crippen LogP contribution in [0.25, 0.3) is 0 Å². The number of anilines is 1. The fourth-order valence-corrected chi connectivity index (χ4v) is 10.4. The minimum absolute atomic E-state index is 0.00435. The first-order valence-electron chi connectivity index (χ1n) is 18.7. The lowest BCUT2D eigenvalue weighted by molar-refractivity contribution is -0.0414. The molecular formula is C40H52ClN5O7S. The molecule has 2 amide bonds. The minimum atomic E-state index is -3.61. The highest BCUT2D eigenvalue weighted by molar-refractivity contribution is 7.92. The molecule has 0 saturated heterocycles. The number of ether oxygens (including phenoxy) is 3. The normalized spacial score (nSPS) is 22.7. The molecule has 6 atom stereocenters. The van der Waals surface area contributed by atoms with E-state index in [0.29, 0.717) is 55.3 Å². The third-order valence-corrected chi connectivity index (χ3v) is 13.3. The van der Waals surface area contributed by atoms with Crippen LogP contribution in [0.4, 0.5) is 5.69 Å². The smallest absolute Gasteiger partial charge is 0.286 e. The van der Waals surface area contributed by atoms with E-state index < -0.39 is 21.7 Å². The van der Waals surface area contributed by atoms with Crippen molar-refractivity contribution in [3.05, 3.63) is 82.5 Å². The van der Waals surface area contributed by atoms with Gasteiger partial charge in [0, 0.05) is 42.3 Å². The first kappa shape index (κ1) is 39.8. The highest BCUT2D eigenvalue weighted by atomic mass is 35.5. The van der Waals surface area contributed by atoms with Crippen LogP contribution in [0, 0.1) is 17.8 Å². The number of carbonyl (C=O) groups is 2. The van der Waals surface area contributed by atoms with Gasteiger partial charge in [0.2, 0.25) is 5.88 Å². The van der Waals surface area contributed by atoms with Gasteiger partial charge in [-0.15, -0.1) is 16.0 Å². The fourth-order valence-electron chi connectivity index (χ4n) is 8.33. The Morgan fingerprint density at radius 3 is 2.80 bits per heavy atom. The van der Waals surface area contributed by atoms with Crippen molar-refractivity contribution in [2.75, 3.05) is 50.7 Å². The highest BCUT2D eigenvalue weighted by Gasteiger charge is 2.44. The fraction of sp³-hybridized carbons (Fsp3) is 0.525. The molecule has 2 N–H and O–H groups in total. The van der Waals surface area contributed by atoms with Crippen molar-refractivity contribution < 1.29 is 33.1 Å². The molecule has 1 aliphatic heterocycles. The van der Waals surface area contributed by atoms with Gasteiger partial charge in [-0.1, -0.05) is 30.7 Å². The summed E-state index contributed by atoms with van der Waals surface area (Å²) in [4.78, 5) is 29.9. The Morgan fingerprint density at radius 2 is 2.07 bits per heavy atom. The van der Waals surface area contributed by atoms with Crippen LogP contribution in [0.2, 0.25) is 5.02 Å². The lowest BCUT2D eigenvalue weighted by Crippen LogP contribution is -2.49. The van der Waals surface area contributed by atoms with Crippen LogP contribution in [-0.4, -0.2) is 82.8 Å². The number of aliphatic hydroxyl groups is 1. The second kappa shape index (κ2) is 16.8. The van der Waals surface area contributed by atoms with Gasteiger partial charge in [-0.2, -0.15) is 0 Å². The van der Waals surface area contributed by atoms with Gasteiger partial charge in [-0.05, 0) is 105 Å². The number of halogens is 1. The Balaban J connectivity index is 1.36. The van der Waals surface area contributed by atoms with Crippen LogP contribution in [0.5, 0.6) is 11.6 Å². The summed E-state index contributed by atoms with van der Waals surface area (Å²) in [6, 6.07) is 11.4. The van der Waals surface area contributed by atoms with E-state index in [-0.39, 0.29) is 46.8 Å². The van der Waals surface area contributed by atoms with Gasteiger partial charge in [0.05, 0.1) is 44.5 Å². The van der Waals surface area contributed by atoms with E-state index in [1.165, 1.54) is 29.1 Å². The third kappa shape index (κ3) is 8.64. The Hall–Kier alpha value is -3.91. The van der Waals surface area contributed by atoms with Crippen LogP contribution in [-0.2, 0) is 33.5 Å². The van der Waals surface area contributed by atoms with Crippen molar-refractivity contribution in [2.24, 2.45) is 29.2 Å². The topological polar surface area (TPSA) is 145 Å². The van der Waals surface area contributed by atoms with Gasteiger partial charge in [0.1, 0.15) is 21.2 Å². The Labute approximate surface area is 323 Å². The largest absolute Gasteiger partial charge is 0.490 e. The zero-order chi connectivity index (χ0) is 38.6. The second-order valence-electron chi connectivity index (χ2n) is 15.1. The molecule has 1 fully saturated rings. The molecule has 54 heavy (non-hydrogen) atoms. The summed E-state index contributed by atoms with van der Waals surface area (Å²) >= 11 is 6.46. The number of aryl methyl sites for hydroxylation is 2. The number of nitrogens with zero attached hydrogens (tertiary/aromatic N) is 4. The van der Waals surface area contributed by atoms with Crippen molar-refractivity contribution in [3.63, 3.8) is 0 Å². The summed E-state index contributed by atoms with van der Waals surface area (Å²) < 4.78 is 40.5. The molecular weight excluding hydrogens is 730 g/mol. The molecule has 0 bridgehead atoms. The van der Waals surface area contributed by atoms with Crippen LogP contribution in [0.1, 0.15) is 77.8 Å². The maximum absolute atomic E-state index is 14.5. The standard InChI is InChI=1S/C40H52ClN5O7S/c1-6-8-26(2)23-54(50,44-38(49)33-22-45(4)42-39(33)51-5)43-37(48)29-11-15-36-35(20-29)46(21-30-10-13-32(30)27(3)52-18-17-47)24-40(25-53-36)16-7-9-28-19-31(41)12-14-34(28)40/h6,11-12,14-15,19-20,22,26-27,30,32,47H,1,7-10,13,16-18,21,23-25H2,2-5H3,(H,43,44,48,49,50)/t26-,27-,30-,32-,40-,54?/m0/s1. The number of hydrogen-bond donors (Lipinski definition) is 2. The molecule has 2 aliphatic carbocycles. The summed E-state index contributed by atoms with van der Waals surface area (Å²) in [5.41, 5.74) is 3.24. The molecule has 14 heteroatoms. The number of allylic oxidation sites excluding steroid dienone is 1. The Bertz CT molecular complexity index is 1990. The van der Waals surface area contributed by atoms with Gasteiger partial charge in [0.25, 0.3) is 11.8 Å². The number of benzene rings is 2. The molecule has 2 aromatic carbocycles. The van der Waals surface area contributed by atoms with Crippen LogP contribution in [0.15, 0.2) is 59.6 Å². The van der Waals surface area contributed by atoms with E-state index >= 15 is 0 Å². The van der Waals surface area contributed by atoms with E-state index in [2.05, 4.69) is 44.7 Å². The molecule has 292 valence electrons. The lowest BCUT2D eigenvalue weighted by atomic mass is 9.68. The molecule has 6 rings (SSSR count). The van der Waals surface area contributed by atoms with Gasteiger partial charge >= 0.3 is 0 Å². The number of aromatic nitrogens is 2. The van der Waals surface area contributed by atoms with E-state index in [1.807, 2.05) is 13.0 Å². The van der Waals surface area contributed by atoms with Crippen molar-refractivity contribution >= 4 is 39.0 Å². The summed E-state index contributed by atoms with van der Waals surface area (Å²) in [5.74, 6) is -0.311. The van der Waals surface area contributed by atoms with Gasteiger partial charge in [0.15, 0.2) is 0 Å². The van der Waals surface area contributed by atoms with Crippen molar-refractivity contribution in [2.45, 2.75) is 63.9 Å². The number of nitrogens with one attached hydrogen (secondary N) is 1. The Morgan fingerprint density at radius 1 is 1.26 bits per heavy atom. The van der Waals surface area contributed by atoms with E-state index in [9.17, 15) is 18.9 Å². The van der Waals surface area contributed by atoms with Gasteiger partial charge < -0.3 is 24.2 Å². The molecule has 2 heterocycles. The zero-order valence-corrected chi connectivity index (χ0v) is 33.2. The number of rotatable bonds is 14. The van der Waals surface area contributed by atoms with Gasteiger partial charge in [-0.3, -0.25) is 19.0 Å². The summed E-state index contributed by atoms with van der Waals surface area (Å²) in [5, 5.41) is 14.2. The summed E-state index contributed by atoms with van der Waals surface area (Å²) in [6.45, 7) is 9.85. The molecule has 3 aromatic rings. The average molecular weight is 782 g/mol. The minimum Gasteiger partial charge on any atom is -0.490 e. The number of aliphatic hydroxyl groups excluding tert-OH is 1. The first-order chi connectivity index (χ1) is 25.9. The van der Waals surface area contributed by atoms with Crippen molar-refractivity contribution in [3.8, 4) is 11.6 Å². The van der Waals surface area contributed by atoms with E-state index in [0.717, 1.165) is 37.8 Å². The Kier molecular flexibility index (Phi) is 12.4. The molecule has 3 aliphatic rings. The van der Waals surface area contributed by atoms with Gasteiger partial charge in [-0.25, -0.2) is 4.21 Å². The lowest BCUT2D eigenvalue weighted by Gasteiger charge is -2.46. The predicted octanol–water partition coefficient (Wildman–Crippen LogP) is 6.14. The zero-order valence-electron chi connectivity index (χ0n) is 31.6. The maximum Gasteiger partial charge on any atom is 0.286 e. The maximum atomic E-state index is 14.5. The second-order valence-corrected chi connectivity index (χ2v) is 17.5. The van der Waals surface area contributed by atoms with E-state index in [1.54, 1.807) is 31.3 Å². The summed E-state index contributed by atoms with van der Waals surface area (Å²) in [6.07, 6.45) is 8.62. The van der Waals surface area contributed by atoms with Crippen LogP contribution >= 0.6 is 11.6 Å². The number of hydrogen-bond acceptors (Lipinski definition) is 9. The monoisotopic (exact) mass is 781 g/mol. The molecule has 12 nitrogen and oxygen atoms in total. The summed E-state index contributed by atoms with van der Waals surface area (Å²) in [7, 11) is -0.578. The number of amides is 2. The molecule has 1 saturated carbocycles. The van der Waals surface area contributed by atoms with Crippen LogP contribution in [0.3, 0.4) is 0 Å². The molecule has 1 aromatic heterocycles. The third-order valence-electron chi connectivity index (χ3n) is 11.1. The number of carbonyl (C=O) groups excluding carboxylic acids is 2. The predicted molar refractivity (Wildman–Crippen MR) is 210 cm³/mol. The molecule has 0 radical (unpaired) electrons. The highest BCUT2D eigenvalue weighted by Crippen LogP contribution is 2.47. The van der Waals surface area contributed by atoms with Crippen molar-refractivity contribution in [1.29, 1.82) is 0 Å². The van der Waals surface area contributed by atoms with Crippen molar-refractivity contribution in [1.82, 2.24) is 14.5 Å². The number of fused-ring (bicyclic) bond motifs is 3. The SMILES string of the molecule is C=CC[C@H](C)CS(=O)(=NC(=O)c1ccc2c(c1)N(C[C@@H]1CC[C@H]1[C@H](C)OCCO)C[C@@]1(CCCc3cc(Cl)ccc31)CO2)NC(=O)c1cn(C)nc1OC.